The Morgan fingerprint density at radius 1 is 1.42 bits per heavy atom. The van der Waals surface area contributed by atoms with Gasteiger partial charge in [-0.05, 0) is 41.1 Å². The van der Waals surface area contributed by atoms with Crippen LogP contribution in [-0.4, -0.2) is 23.2 Å². The molecule has 2 aromatic rings. The van der Waals surface area contributed by atoms with Gasteiger partial charge in [-0.15, -0.1) is 10.2 Å². The predicted molar refractivity (Wildman–Crippen MR) is 75.2 cm³/mol. The monoisotopic (exact) mass is 364 g/mol. The standard InChI is InChI=1S/C10H10BrClN4O2S/c1-2-16-9(14-15-10(16)19(13,17)18)7-4-3-6(12)5-8(7)11/h3-5H,2H2,1H3,(H2,13,17,18). The van der Waals surface area contributed by atoms with Gasteiger partial charge in [0, 0.05) is 21.6 Å². The van der Waals surface area contributed by atoms with Crippen LogP contribution in [0.15, 0.2) is 27.8 Å². The third-order valence-corrected chi connectivity index (χ3v) is 4.16. The van der Waals surface area contributed by atoms with Gasteiger partial charge in [0.05, 0.1) is 0 Å². The molecule has 0 saturated carbocycles. The van der Waals surface area contributed by atoms with Crippen molar-refractivity contribution in [3.05, 3.63) is 27.7 Å². The first-order chi connectivity index (χ1) is 8.84. The van der Waals surface area contributed by atoms with Crippen molar-refractivity contribution in [1.82, 2.24) is 14.8 Å². The summed E-state index contributed by atoms with van der Waals surface area (Å²) >= 11 is 9.23. The third-order valence-electron chi connectivity index (χ3n) is 2.46. The van der Waals surface area contributed by atoms with Gasteiger partial charge in [0.2, 0.25) is 0 Å². The maximum Gasteiger partial charge on any atom is 0.273 e. The molecule has 1 aromatic carbocycles. The van der Waals surface area contributed by atoms with Crippen molar-refractivity contribution in [2.45, 2.75) is 18.6 Å². The first kappa shape index (κ1) is 14.4. The fourth-order valence-corrected chi connectivity index (χ4v) is 3.19. The summed E-state index contributed by atoms with van der Waals surface area (Å²) in [5.74, 6) is 0.412. The van der Waals surface area contributed by atoms with E-state index < -0.39 is 10.0 Å². The van der Waals surface area contributed by atoms with E-state index in [9.17, 15) is 8.42 Å². The summed E-state index contributed by atoms with van der Waals surface area (Å²) in [6, 6.07) is 5.12. The van der Waals surface area contributed by atoms with Crippen LogP contribution >= 0.6 is 27.5 Å². The van der Waals surface area contributed by atoms with E-state index in [1.165, 1.54) is 4.57 Å². The van der Waals surface area contributed by atoms with Crippen molar-refractivity contribution < 1.29 is 8.42 Å². The Morgan fingerprint density at radius 3 is 2.63 bits per heavy atom. The van der Waals surface area contributed by atoms with Crippen molar-refractivity contribution in [2.75, 3.05) is 0 Å². The Hall–Kier alpha value is -0.960. The lowest BCUT2D eigenvalue weighted by atomic mass is 10.2. The molecule has 2 rings (SSSR count). The molecule has 2 N–H and O–H groups in total. The number of primary sulfonamides is 1. The summed E-state index contributed by atoms with van der Waals surface area (Å²) in [5, 5.41) is 12.9. The Bertz CT molecular complexity index is 729. The molecule has 0 aliphatic carbocycles. The molecule has 0 bridgehead atoms. The minimum Gasteiger partial charge on any atom is -0.297 e. The molecular formula is C10H10BrClN4O2S. The lowest BCUT2D eigenvalue weighted by Crippen LogP contribution is -2.18. The Balaban J connectivity index is 2.67. The number of halogens is 2. The van der Waals surface area contributed by atoms with Gasteiger partial charge in [0.25, 0.3) is 15.2 Å². The molecule has 0 amide bonds. The molecule has 0 aliphatic rings. The minimum atomic E-state index is -3.91. The van der Waals surface area contributed by atoms with Crippen LogP contribution in [-0.2, 0) is 16.6 Å². The highest BCUT2D eigenvalue weighted by Crippen LogP contribution is 2.30. The molecule has 6 nitrogen and oxygen atoms in total. The van der Waals surface area contributed by atoms with Gasteiger partial charge in [0.1, 0.15) is 0 Å². The summed E-state index contributed by atoms with van der Waals surface area (Å²) in [6.45, 7) is 2.16. The van der Waals surface area contributed by atoms with Crippen LogP contribution < -0.4 is 5.14 Å². The number of sulfonamides is 1. The van der Waals surface area contributed by atoms with Gasteiger partial charge < -0.3 is 0 Å². The maximum atomic E-state index is 11.4. The zero-order valence-electron chi connectivity index (χ0n) is 9.84. The average molecular weight is 366 g/mol. The summed E-state index contributed by atoms with van der Waals surface area (Å²) in [7, 11) is -3.91. The number of benzene rings is 1. The van der Waals surface area contributed by atoms with E-state index in [1.54, 1.807) is 25.1 Å². The molecule has 19 heavy (non-hydrogen) atoms. The highest BCUT2D eigenvalue weighted by Gasteiger charge is 2.22. The predicted octanol–water partition coefficient (Wildman–Crippen LogP) is 2.03. The number of nitrogens with zero attached hydrogens (tertiary/aromatic N) is 3. The van der Waals surface area contributed by atoms with Crippen molar-refractivity contribution in [2.24, 2.45) is 5.14 Å². The normalized spacial score (nSPS) is 11.8. The van der Waals surface area contributed by atoms with Crippen LogP contribution in [0.2, 0.25) is 5.02 Å². The van der Waals surface area contributed by atoms with Gasteiger partial charge in [-0.3, -0.25) is 4.57 Å². The second-order valence-corrected chi connectivity index (χ2v) is 6.47. The van der Waals surface area contributed by atoms with E-state index in [0.717, 1.165) is 0 Å². The van der Waals surface area contributed by atoms with E-state index in [0.29, 0.717) is 27.4 Å². The van der Waals surface area contributed by atoms with E-state index in [4.69, 9.17) is 16.7 Å². The van der Waals surface area contributed by atoms with E-state index in [1.807, 2.05) is 0 Å². The molecule has 0 aliphatic heterocycles. The van der Waals surface area contributed by atoms with Gasteiger partial charge in [-0.1, -0.05) is 11.6 Å². The molecule has 0 unspecified atom stereocenters. The Labute approximate surface area is 123 Å². The zero-order valence-corrected chi connectivity index (χ0v) is 13.0. The van der Waals surface area contributed by atoms with Crippen molar-refractivity contribution in [3.63, 3.8) is 0 Å². The maximum absolute atomic E-state index is 11.4. The van der Waals surface area contributed by atoms with E-state index >= 15 is 0 Å². The minimum absolute atomic E-state index is 0.258. The zero-order chi connectivity index (χ0) is 14.2. The van der Waals surface area contributed by atoms with E-state index in [2.05, 4.69) is 26.1 Å². The molecule has 9 heteroatoms. The lowest BCUT2D eigenvalue weighted by molar-refractivity contribution is 0.571. The van der Waals surface area contributed by atoms with Crippen LogP contribution in [0.3, 0.4) is 0 Å². The number of rotatable bonds is 3. The van der Waals surface area contributed by atoms with Crippen molar-refractivity contribution in [1.29, 1.82) is 0 Å². The van der Waals surface area contributed by atoms with Crippen molar-refractivity contribution >= 4 is 37.6 Å². The molecule has 0 saturated heterocycles. The van der Waals surface area contributed by atoms with Gasteiger partial charge in [-0.2, -0.15) is 0 Å². The highest BCUT2D eigenvalue weighted by atomic mass is 79.9. The number of aromatic nitrogens is 3. The topological polar surface area (TPSA) is 90.9 Å². The SMILES string of the molecule is CCn1c(-c2ccc(Cl)cc2Br)nnc1S(N)(=O)=O. The summed E-state index contributed by atoms with van der Waals surface area (Å²) in [5.41, 5.74) is 0.689. The number of hydrogen-bond donors (Lipinski definition) is 1. The van der Waals surface area contributed by atoms with Gasteiger partial charge in [-0.25, -0.2) is 13.6 Å². The quantitative estimate of drug-likeness (QED) is 0.901. The summed E-state index contributed by atoms with van der Waals surface area (Å²) in [4.78, 5) is 0. The molecule has 0 spiro atoms. The molecule has 102 valence electrons. The number of hydrogen-bond acceptors (Lipinski definition) is 4. The van der Waals surface area contributed by atoms with Gasteiger partial charge >= 0.3 is 0 Å². The molecule has 1 aromatic heterocycles. The second kappa shape index (κ2) is 5.20. The average Bonchev–Trinajstić information content (AvgIpc) is 2.72. The Kier molecular flexibility index (Phi) is 3.95. The van der Waals surface area contributed by atoms with Crippen LogP contribution in [0, 0.1) is 0 Å². The first-order valence-electron chi connectivity index (χ1n) is 5.26. The third kappa shape index (κ3) is 2.81. The molecule has 0 fully saturated rings. The molecule has 1 heterocycles. The fraction of sp³-hybridized carbons (Fsp3) is 0.200. The van der Waals surface area contributed by atoms with Crippen molar-refractivity contribution in [3.8, 4) is 11.4 Å². The molecule has 0 atom stereocenters. The molecule has 0 radical (unpaired) electrons. The van der Waals surface area contributed by atoms with Gasteiger partial charge in [0.15, 0.2) is 5.82 Å². The van der Waals surface area contributed by atoms with E-state index in [-0.39, 0.29) is 5.16 Å². The Morgan fingerprint density at radius 2 is 2.11 bits per heavy atom. The highest BCUT2D eigenvalue weighted by molar-refractivity contribution is 9.10. The smallest absolute Gasteiger partial charge is 0.273 e. The van der Waals surface area contributed by atoms with Crippen LogP contribution in [0.4, 0.5) is 0 Å². The first-order valence-corrected chi connectivity index (χ1v) is 7.97. The summed E-state index contributed by atoms with van der Waals surface area (Å²) < 4.78 is 25.0. The second-order valence-electron chi connectivity index (χ2n) is 3.72. The lowest BCUT2D eigenvalue weighted by Gasteiger charge is -2.07. The van der Waals surface area contributed by atoms with Crippen LogP contribution in [0.5, 0.6) is 0 Å². The fourth-order valence-electron chi connectivity index (χ4n) is 1.65. The summed E-state index contributed by atoms with van der Waals surface area (Å²) in [6.07, 6.45) is 0. The molecular weight excluding hydrogens is 356 g/mol. The van der Waals surface area contributed by atoms with Crippen LogP contribution in [0.1, 0.15) is 6.92 Å². The number of nitrogens with two attached hydrogens (primary N) is 1. The van der Waals surface area contributed by atoms with Crippen LogP contribution in [0.25, 0.3) is 11.4 Å². The largest absolute Gasteiger partial charge is 0.297 e.